The first-order valence-corrected chi connectivity index (χ1v) is 9.15. The number of methoxy groups -OCH3 is 1. The molecular formula is C16H27N3O4S. The fourth-order valence-corrected chi connectivity index (χ4v) is 3.22. The zero-order valence-corrected chi connectivity index (χ0v) is 15.5. The highest BCUT2D eigenvalue weighted by atomic mass is 32.2. The summed E-state index contributed by atoms with van der Waals surface area (Å²) in [6.07, 6.45) is 0. The molecule has 0 aliphatic carbocycles. The number of rotatable bonds is 9. The number of carbonyl (C=O) groups excluding carboxylic acids is 1. The number of nitrogens with two attached hydrogens (primary N) is 1. The third kappa shape index (κ3) is 5.86. The van der Waals surface area contributed by atoms with Gasteiger partial charge in [-0.2, -0.15) is 0 Å². The standard InChI is InChI=1S/C16H27N3O4S/c1-16(2,11-17)12-19(3)15(20)13-6-5-7-14(10-13)24(21,22)18-8-9-23-4/h5-7,10,18H,8-9,11-12,17H2,1-4H3. The number of sulfonamides is 1. The Balaban J connectivity index is 2.93. The van der Waals surface area contributed by atoms with Crippen molar-refractivity contribution >= 4 is 15.9 Å². The van der Waals surface area contributed by atoms with Gasteiger partial charge in [0.1, 0.15) is 0 Å². The number of ether oxygens (including phenoxy) is 1. The predicted molar refractivity (Wildman–Crippen MR) is 93.3 cm³/mol. The van der Waals surface area contributed by atoms with Crippen molar-refractivity contribution in [2.75, 3.05) is 40.4 Å². The minimum atomic E-state index is -3.67. The van der Waals surface area contributed by atoms with E-state index in [1.165, 1.54) is 19.2 Å². The molecule has 0 radical (unpaired) electrons. The van der Waals surface area contributed by atoms with Crippen LogP contribution in [0.1, 0.15) is 24.2 Å². The van der Waals surface area contributed by atoms with Gasteiger partial charge in [0.25, 0.3) is 5.91 Å². The summed E-state index contributed by atoms with van der Waals surface area (Å²) in [5, 5.41) is 0. The quantitative estimate of drug-likeness (QED) is 0.633. The molecule has 0 saturated heterocycles. The minimum Gasteiger partial charge on any atom is -0.383 e. The third-order valence-corrected chi connectivity index (χ3v) is 5.01. The van der Waals surface area contributed by atoms with Crippen molar-refractivity contribution in [3.8, 4) is 0 Å². The first-order chi connectivity index (χ1) is 11.1. The van der Waals surface area contributed by atoms with Crippen molar-refractivity contribution in [2.24, 2.45) is 11.1 Å². The smallest absolute Gasteiger partial charge is 0.253 e. The molecule has 0 fully saturated rings. The highest BCUT2D eigenvalue weighted by molar-refractivity contribution is 7.89. The lowest BCUT2D eigenvalue weighted by Crippen LogP contribution is -2.39. The average Bonchev–Trinajstić information content (AvgIpc) is 2.54. The summed E-state index contributed by atoms with van der Waals surface area (Å²) in [4.78, 5) is 14.1. The van der Waals surface area contributed by atoms with E-state index >= 15 is 0 Å². The number of nitrogens with zero attached hydrogens (tertiary/aromatic N) is 1. The maximum atomic E-state index is 12.5. The van der Waals surface area contributed by atoms with Gasteiger partial charge in [0.05, 0.1) is 11.5 Å². The highest BCUT2D eigenvalue weighted by Gasteiger charge is 2.23. The molecule has 0 unspecified atom stereocenters. The van der Waals surface area contributed by atoms with Crippen LogP contribution < -0.4 is 10.5 Å². The van der Waals surface area contributed by atoms with Crippen molar-refractivity contribution in [3.05, 3.63) is 29.8 Å². The topological polar surface area (TPSA) is 102 Å². The third-order valence-electron chi connectivity index (χ3n) is 3.55. The lowest BCUT2D eigenvalue weighted by Gasteiger charge is -2.29. The summed E-state index contributed by atoms with van der Waals surface area (Å²) >= 11 is 0. The zero-order valence-electron chi connectivity index (χ0n) is 14.7. The first-order valence-electron chi connectivity index (χ1n) is 7.67. The number of amides is 1. The lowest BCUT2D eigenvalue weighted by molar-refractivity contribution is 0.0740. The summed E-state index contributed by atoms with van der Waals surface area (Å²) in [7, 11) is -0.504. The van der Waals surface area contributed by atoms with E-state index in [0.29, 0.717) is 18.7 Å². The van der Waals surface area contributed by atoms with Crippen molar-refractivity contribution in [3.63, 3.8) is 0 Å². The second kappa shape index (κ2) is 8.57. The maximum absolute atomic E-state index is 12.5. The minimum absolute atomic E-state index is 0.0518. The molecule has 0 saturated carbocycles. The largest absolute Gasteiger partial charge is 0.383 e. The fourth-order valence-electron chi connectivity index (χ4n) is 2.16. The molecule has 0 spiro atoms. The molecule has 1 amide bonds. The van der Waals surface area contributed by atoms with Gasteiger partial charge in [-0.05, 0) is 30.2 Å². The Morgan fingerprint density at radius 1 is 1.38 bits per heavy atom. The van der Waals surface area contributed by atoms with Gasteiger partial charge in [0.2, 0.25) is 10.0 Å². The normalized spacial score (nSPS) is 12.2. The van der Waals surface area contributed by atoms with Crippen LogP contribution in [-0.4, -0.2) is 59.6 Å². The molecule has 7 nitrogen and oxygen atoms in total. The molecule has 1 aromatic rings. The lowest BCUT2D eigenvalue weighted by atomic mass is 9.93. The summed E-state index contributed by atoms with van der Waals surface area (Å²) < 4.78 is 31.7. The van der Waals surface area contributed by atoms with Crippen LogP contribution in [0.25, 0.3) is 0 Å². The van der Waals surface area contributed by atoms with Crippen LogP contribution in [0.5, 0.6) is 0 Å². The van der Waals surface area contributed by atoms with Crippen LogP contribution in [0.15, 0.2) is 29.2 Å². The van der Waals surface area contributed by atoms with Crippen molar-refractivity contribution in [1.82, 2.24) is 9.62 Å². The molecule has 0 atom stereocenters. The SMILES string of the molecule is COCCNS(=O)(=O)c1cccc(C(=O)N(C)CC(C)(C)CN)c1. The molecule has 0 aliphatic rings. The van der Waals surface area contributed by atoms with Crippen LogP contribution in [0.3, 0.4) is 0 Å². The van der Waals surface area contributed by atoms with E-state index in [1.807, 2.05) is 13.8 Å². The molecule has 3 N–H and O–H groups in total. The molecule has 24 heavy (non-hydrogen) atoms. The maximum Gasteiger partial charge on any atom is 0.253 e. The number of nitrogens with one attached hydrogen (secondary N) is 1. The van der Waals surface area contributed by atoms with Gasteiger partial charge in [0.15, 0.2) is 0 Å². The van der Waals surface area contributed by atoms with Crippen LogP contribution >= 0.6 is 0 Å². The van der Waals surface area contributed by atoms with Crippen molar-refractivity contribution < 1.29 is 17.9 Å². The monoisotopic (exact) mass is 357 g/mol. The Morgan fingerprint density at radius 3 is 2.62 bits per heavy atom. The Hall–Kier alpha value is -1.48. The summed E-state index contributed by atoms with van der Waals surface area (Å²) in [5.74, 6) is -0.245. The molecule has 0 bridgehead atoms. The van der Waals surface area contributed by atoms with E-state index < -0.39 is 10.0 Å². The Bertz CT molecular complexity index is 659. The molecule has 1 aromatic carbocycles. The van der Waals surface area contributed by atoms with E-state index in [4.69, 9.17) is 10.5 Å². The zero-order chi connectivity index (χ0) is 18.4. The van der Waals surface area contributed by atoms with Crippen molar-refractivity contribution in [1.29, 1.82) is 0 Å². The molecule has 8 heteroatoms. The van der Waals surface area contributed by atoms with Gasteiger partial charge in [0, 0.05) is 32.8 Å². The molecule has 0 aliphatic heterocycles. The van der Waals surface area contributed by atoms with Gasteiger partial charge in [-0.25, -0.2) is 13.1 Å². The van der Waals surface area contributed by atoms with Crippen LogP contribution in [0.2, 0.25) is 0 Å². The van der Waals surface area contributed by atoms with E-state index in [9.17, 15) is 13.2 Å². The van der Waals surface area contributed by atoms with E-state index in [0.717, 1.165) is 0 Å². The van der Waals surface area contributed by atoms with Gasteiger partial charge < -0.3 is 15.4 Å². The summed E-state index contributed by atoms with van der Waals surface area (Å²) in [6.45, 7) is 5.30. The van der Waals surface area contributed by atoms with Crippen molar-refractivity contribution in [2.45, 2.75) is 18.7 Å². The number of hydrogen-bond acceptors (Lipinski definition) is 5. The summed E-state index contributed by atoms with van der Waals surface area (Å²) in [5.41, 5.74) is 5.80. The first kappa shape index (κ1) is 20.6. The predicted octanol–water partition coefficient (Wildman–Crippen LogP) is 0.668. The summed E-state index contributed by atoms with van der Waals surface area (Å²) in [6, 6.07) is 5.99. The van der Waals surface area contributed by atoms with E-state index in [-0.39, 0.29) is 29.4 Å². The number of carbonyl (C=O) groups is 1. The van der Waals surface area contributed by atoms with Gasteiger partial charge in [-0.15, -0.1) is 0 Å². The van der Waals surface area contributed by atoms with Gasteiger partial charge in [-0.1, -0.05) is 19.9 Å². The molecule has 136 valence electrons. The molecule has 0 heterocycles. The second-order valence-corrected chi connectivity index (χ2v) is 8.21. The second-order valence-electron chi connectivity index (χ2n) is 6.45. The molecule has 0 aromatic heterocycles. The molecule has 1 rings (SSSR count). The fraction of sp³-hybridized carbons (Fsp3) is 0.562. The number of hydrogen-bond donors (Lipinski definition) is 2. The van der Waals surface area contributed by atoms with Crippen LogP contribution in [0.4, 0.5) is 0 Å². The average molecular weight is 357 g/mol. The molecular weight excluding hydrogens is 330 g/mol. The van der Waals surface area contributed by atoms with E-state index in [1.54, 1.807) is 24.1 Å². The highest BCUT2D eigenvalue weighted by Crippen LogP contribution is 2.17. The van der Waals surface area contributed by atoms with Crippen LogP contribution in [0, 0.1) is 5.41 Å². The van der Waals surface area contributed by atoms with Gasteiger partial charge in [-0.3, -0.25) is 4.79 Å². The number of benzene rings is 1. The van der Waals surface area contributed by atoms with Gasteiger partial charge >= 0.3 is 0 Å². The Morgan fingerprint density at radius 2 is 2.04 bits per heavy atom. The Labute approximate surface area is 144 Å². The van der Waals surface area contributed by atoms with Crippen LogP contribution in [-0.2, 0) is 14.8 Å². The Kier molecular flexibility index (Phi) is 7.34. The van der Waals surface area contributed by atoms with E-state index in [2.05, 4.69) is 4.72 Å².